The van der Waals surface area contributed by atoms with Gasteiger partial charge in [0, 0.05) is 51.0 Å². The third-order valence-corrected chi connectivity index (χ3v) is 3.70. The van der Waals surface area contributed by atoms with Crippen LogP contribution >= 0.6 is 0 Å². The van der Waals surface area contributed by atoms with E-state index in [-0.39, 0.29) is 5.91 Å². The number of imidazole rings is 1. The standard InChI is InChI=1S/C13H23N5O/c1-13(2,18-7-5-14-6-8-18)12(19)16-4-3-11-9-15-10-17-11/h9-10,14H,3-8H2,1-2H3,(H,15,17)(H,16,19). The summed E-state index contributed by atoms with van der Waals surface area (Å²) in [7, 11) is 0. The molecule has 1 aliphatic rings. The molecule has 6 heteroatoms. The molecule has 0 radical (unpaired) electrons. The Kier molecular flexibility index (Phi) is 4.55. The van der Waals surface area contributed by atoms with Gasteiger partial charge in [-0.3, -0.25) is 9.69 Å². The number of nitrogens with zero attached hydrogens (tertiary/aromatic N) is 2. The van der Waals surface area contributed by atoms with Crippen molar-refractivity contribution in [3.05, 3.63) is 18.2 Å². The molecule has 1 aliphatic heterocycles. The number of carbonyl (C=O) groups is 1. The lowest BCUT2D eigenvalue weighted by Gasteiger charge is -2.39. The van der Waals surface area contributed by atoms with E-state index in [2.05, 4.69) is 25.5 Å². The minimum atomic E-state index is -0.448. The highest BCUT2D eigenvalue weighted by molar-refractivity contribution is 5.85. The fourth-order valence-corrected chi connectivity index (χ4v) is 2.32. The van der Waals surface area contributed by atoms with Crippen molar-refractivity contribution in [2.75, 3.05) is 32.7 Å². The molecule has 6 nitrogen and oxygen atoms in total. The molecule has 2 heterocycles. The Hall–Kier alpha value is -1.40. The molecule has 1 aromatic rings. The lowest BCUT2D eigenvalue weighted by Crippen LogP contribution is -2.60. The second kappa shape index (κ2) is 6.16. The van der Waals surface area contributed by atoms with Crippen molar-refractivity contribution >= 4 is 5.91 Å². The highest BCUT2D eigenvalue weighted by Crippen LogP contribution is 2.15. The summed E-state index contributed by atoms with van der Waals surface area (Å²) in [6.07, 6.45) is 4.22. The average Bonchev–Trinajstić information content (AvgIpc) is 2.93. The molecule has 0 aromatic carbocycles. The van der Waals surface area contributed by atoms with E-state index in [1.807, 2.05) is 13.8 Å². The van der Waals surface area contributed by atoms with Crippen LogP contribution in [0.3, 0.4) is 0 Å². The normalized spacial score (nSPS) is 17.4. The van der Waals surface area contributed by atoms with E-state index in [1.54, 1.807) is 12.5 Å². The number of aromatic nitrogens is 2. The maximum absolute atomic E-state index is 12.3. The first kappa shape index (κ1) is 14.0. The molecule has 0 saturated carbocycles. The maximum atomic E-state index is 12.3. The van der Waals surface area contributed by atoms with E-state index in [0.29, 0.717) is 6.54 Å². The van der Waals surface area contributed by atoms with Crippen molar-refractivity contribution < 1.29 is 4.79 Å². The van der Waals surface area contributed by atoms with Crippen LogP contribution in [0.5, 0.6) is 0 Å². The Morgan fingerprint density at radius 1 is 1.47 bits per heavy atom. The number of aromatic amines is 1. The molecule has 0 unspecified atom stereocenters. The van der Waals surface area contributed by atoms with Crippen molar-refractivity contribution in [2.24, 2.45) is 0 Å². The van der Waals surface area contributed by atoms with Gasteiger partial charge in [0.1, 0.15) is 0 Å². The molecular formula is C13H23N5O. The molecule has 2 rings (SSSR count). The topological polar surface area (TPSA) is 73.0 Å². The van der Waals surface area contributed by atoms with E-state index < -0.39 is 5.54 Å². The Morgan fingerprint density at radius 3 is 2.84 bits per heavy atom. The van der Waals surface area contributed by atoms with Crippen LogP contribution in [0, 0.1) is 0 Å². The molecule has 1 aromatic heterocycles. The largest absolute Gasteiger partial charge is 0.354 e. The number of rotatable bonds is 5. The van der Waals surface area contributed by atoms with Crippen LogP contribution in [0.2, 0.25) is 0 Å². The first-order valence-electron chi connectivity index (χ1n) is 6.82. The van der Waals surface area contributed by atoms with Crippen molar-refractivity contribution in [1.82, 2.24) is 25.5 Å². The number of amides is 1. The van der Waals surface area contributed by atoms with Crippen molar-refractivity contribution in [2.45, 2.75) is 25.8 Å². The quantitative estimate of drug-likeness (QED) is 0.686. The predicted octanol–water partition coefficient (Wildman–Crippen LogP) is -0.248. The number of hydrogen-bond donors (Lipinski definition) is 3. The Morgan fingerprint density at radius 2 is 2.21 bits per heavy atom. The molecule has 0 aliphatic carbocycles. The lowest BCUT2D eigenvalue weighted by molar-refractivity contribution is -0.132. The van der Waals surface area contributed by atoms with Gasteiger partial charge < -0.3 is 15.6 Å². The highest BCUT2D eigenvalue weighted by Gasteiger charge is 2.34. The summed E-state index contributed by atoms with van der Waals surface area (Å²) in [6.45, 7) is 8.35. The zero-order valence-electron chi connectivity index (χ0n) is 11.7. The van der Waals surface area contributed by atoms with Crippen LogP contribution in [0.4, 0.5) is 0 Å². The fourth-order valence-electron chi connectivity index (χ4n) is 2.32. The molecule has 1 amide bonds. The average molecular weight is 265 g/mol. The van der Waals surface area contributed by atoms with Gasteiger partial charge in [-0.1, -0.05) is 0 Å². The first-order valence-corrected chi connectivity index (χ1v) is 6.82. The summed E-state index contributed by atoms with van der Waals surface area (Å²) in [5, 5.41) is 6.31. The van der Waals surface area contributed by atoms with Crippen LogP contribution in [-0.2, 0) is 11.2 Å². The third kappa shape index (κ3) is 3.54. The summed E-state index contributed by atoms with van der Waals surface area (Å²) in [5.74, 6) is 0.0916. The molecule has 19 heavy (non-hydrogen) atoms. The van der Waals surface area contributed by atoms with Crippen molar-refractivity contribution in [3.63, 3.8) is 0 Å². The predicted molar refractivity (Wildman–Crippen MR) is 73.8 cm³/mol. The van der Waals surface area contributed by atoms with Crippen LogP contribution in [0.1, 0.15) is 19.5 Å². The van der Waals surface area contributed by atoms with Crippen LogP contribution in [0.15, 0.2) is 12.5 Å². The minimum absolute atomic E-state index is 0.0916. The Bertz CT molecular complexity index is 395. The summed E-state index contributed by atoms with van der Waals surface area (Å²) in [6, 6.07) is 0. The Labute approximate surface area is 114 Å². The second-order valence-electron chi connectivity index (χ2n) is 5.38. The monoisotopic (exact) mass is 265 g/mol. The third-order valence-electron chi connectivity index (χ3n) is 3.70. The van der Waals surface area contributed by atoms with E-state index in [0.717, 1.165) is 38.3 Å². The van der Waals surface area contributed by atoms with Gasteiger partial charge >= 0.3 is 0 Å². The van der Waals surface area contributed by atoms with Crippen LogP contribution in [-0.4, -0.2) is 59.0 Å². The molecule has 1 fully saturated rings. The van der Waals surface area contributed by atoms with Crippen LogP contribution in [0.25, 0.3) is 0 Å². The van der Waals surface area contributed by atoms with Gasteiger partial charge in [0.05, 0.1) is 11.9 Å². The van der Waals surface area contributed by atoms with Gasteiger partial charge in [-0.2, -0.15) is 0 Å². The number of piperazine rings is 1. The SMILES string of the molecule is CC(C)(C(=O)NCCc1cnc[nH]1)N1CCNCC1. The first-order chi connectivity index (χ1) is 9.10. The van der Waals surface area contributed by atoms with E-state index in [1.165, 1.54) is 0 Å². The number of H-pyrrole nitrogens is 1. The molecule has 1 saturated heterocycles. The summed E-state index contributed by atoms with van der Waals surface area (Å²) in [4.78, 5) is 21.5. The molecule has 0 atom stereocenters. The van der Waals surface area contributed by atoms with Crippen molar-refractivity contribution in [3.8, 4) is 0 Å². The molecular weight excluding hydrogens is 242 g/mol. The Balaban J connectivity index is 1.80. The molecule has 0 bridgehead atoms. The smallest absolute Gasteiger partial charge is 0.239 e. The second-order valence-corrected chi connectivity index (χ2v) is 5.38. The maximum Gasteiger partial charge on any atom is 0.239 e. The van der Waals surface area contributed by atoms with Gasteiger partial charge in [0.2, 0.25) is 5.91 Å². The number of carbonyl (C=O) groups excluding carboxylic acids is 1. The van der Waals surface area contributed by atoms with Gasteiger partial charge in [0.15, 0.2) is 0 Å². The lowest BCUT2D eigenvalue weighted by atomic mass is 10.0. The van der Waals surface area contributed by atoms with Gasteiger partial charge in [-0.15, -0.1) is 0 Å². The molecule has 3 N–H and O–H groups in total. The molecule has 0 spiro atoms. The van der Waals surface area contributed by atoms with E-state index in [9.17, 15) is 4.79 Å². The minimum Gasteiger partial charge on any atom is -0.354 e. The summed E-state index contributed by atoms with van der Waals surface area (Å²) in [5.41, 5.74) is 0.594. The zero-order chi connectivity index (χ0) is 13.7. The summed E-state index contributed by atoms with van der Waals surface area (Å²) < 4.78 is 0. The fraction of sp³-hybridized carbons (Fsp3) is 0.692. The molecule has 106 valence electrons. The highest BCUT2D eigenvalue weighted by atomic mass is 16.2. The number of hydrogen-bond acceptors (Lipinski definition) is 4. The van der Waals surface area contributed by atoms with E-state index >= 15 is 0 Å². The zero-order valence-corrected chi connectivity index (χ0v) is 11.7. The summed E-state index contributed by atoms with van der Waals surface area (Å²) >= 11 is 0. The van der Waals surface area contributed by atoms with Crippen LogP contribution < -0.4 is 10.6 Å². The number of nitrogens with one attached hydrogen (secondary N) is 3. The van der Waals surface area contributed by atoms with Gasteiger partial charge in [-0.25, -0.2) is 4.98 Å². The van der Waals surface area contributed by atoms with Crippen molar-refractivity contribution in [1.29, 1.82) is 0 Å². The van der Waals surface area contributed by atoms with Gasteiger partial charge in [0.25, 0.3) is 0 Å². The van der Waals surface area contributed by atoms with E-state index in [4.69, 9.17) is 0 Å². The van der Waals surface area contributed by atoms with Gasteiger partial charge in [-0.05, 0) is 13.8 Å².